The van der Waals surface area contributed by atoms with E-state index < -0.39 is 17.1 Å². The van der Waals surface area contributed by atoms with Gasteiger partial charge in [-0.05, 0) is 60.5 Å². The molecule has 1 atom stereocenters. The number of carbonyl (C=O) groups excluding carboxylic acids is 5. The highest BCUT2D eigenvalue weighted by Gasteiger charge is 2.32. The number of nitrogens with one attached hydrogen (secondary N) is 3. The Morgan fingerprint density at radius 2 is 1.49 bits per heavy atom. The van der Waals surface area contributed by atoms with Gasteiger partial charge in [-0.15, -0.1) is 11.8 Å². The highest BCUT2D eigenvalue weighted by molar-refractivity contribution is 8.00. The summed E-state index contributed by atoms with van der Waals surface area (Å²) in [5, 5.41) is 7.88. The molecule has 5 aromatic rings. The number of rotatable bonds is 10. The Morgan fingerprint density at radius 1 is 0.776 bits per heavy atom. The van der Waals surface area contributed by atoms with Gasteiger partial charge < -0.3 is 16.0 Å². The van der Waals surface area contributed by atoms with Gasteiger partial charge >= 0.3 is 0 Å². The van der Waals surface area contributed by atoms with Crippen molar-refractivity contribution in [1.29, 1.82) is 0 Å². The lowest BCUT2D eigenvalue weighted by molar-refractivity contribution is -0.116. The monoisotopic (exact) mass is 666 g/mol. The van der Waals surface area contributed by atoms with E-state index >= 15 is 0 Å². The number of thioether (sulfide) groups is 1. The number of pyridine rings is 1. The van der Waals surface area contributed by atoms with Crippen LogP contribution in [0.25, 0.3) is 6.08 Å². The van der Waals surface area contributed by atoms with Crippen molar-refractivity contribution in [2.24, 2.45) is 0 Å². The van der Waals surface area contributed by atoms with Crippen LogP contribution in [0.15, 0.2) is 132 Å². The number of amides is 3. The molecule has 1 unspecified atom stereocenters. The first-order valence-corrected chi connectivity index (χ1v) is 16.4. The lowest BCUT2D eigenvalue weighted by Crippen LogP contribution is -2.30. The molecule has 3 N–H and O–H groups in total. The molecular weight excluding hydrogens is 637 g/mol. The van der Waals surface area contributed by atoms with E-state index in [1.165, 1.54) is 11.8 Å². The first-order chi connectivity index (χ1) is 23.8. The smallest absolute Gasteiger partial charge is 0.272 e. The Kier molecular flexibility index (Phi) is 9.87. The SMILES string of the molecule is CCC(Sc1cccc(NC(=O)/C(=C\c2cccnc2)NC(=O)c2ccccc2)c1)C(=O)Nc1cccc2c1C(=O)c1ccccc1C2=O. The van der Waals surface area contributed by atoms with Gasteiger partial charge in [-0.2, -0.15) is 0 Å². The van der Waals surface area contributed by atoms with Gasteiger partial charge in [0, 0.05) is 45.2 Å². The van der Waals surface area contributed by atoms with Crippen LogP contribution < -0.4 is 16.0 Å². The first-order valence-electron chi connectivity index (χ1n) is 15.5. The van der Waals surface area contributed by atoms with Crippen LogP contribution in [-0.4, -0.2) is 39.5 Å². The number of hydrogen-bond acceptors (Lipinski definition) is 7. The molecule has 1 aliphatic rings. The summed E-state index contributed by atoms with van der Waals surface area (Å²) in [5.41, 5.74) is 2.85. The van der Waals surface area contributed by atoms with Gasteiger partial charge in [-0.25, -0.2) is 0 Å². The van der Waals surface area contributed by atoms with E-state index in [9.17, 15) is 24.0 Å². The molecule has 0 radical (unpaired) electrons. The lowest BCUT2D eigenvalue weighted by Gasteiger charge is -2.21. The fourth-order valence-electron chi connectivity index (χ4n) is 5.36. The summed E-state index contributed by atoms with van der Waals surface area (Å²) >= 11 is 1.30. The fraction of sp³-hybridized carbons (Fsp3) is 0.0769. The largest absolute Gasteiger partial charge is 0.324 e. The number of nitrogens with zero attached hydrogens (tertiary/aromatic N) is 1. The second kappa shape index (κ2) is 14.7. The van der Waals surface area contributed by atoms with Crippen molar-refractivity contribution in [2.45, 2.75) is 23.5 Å². The summed E-state index contributed by atoms with van der Waals surface area (Å²) < 4.78 is 0. The number of benzene rings is 4. The standard InChI is InChI=1S/C39H30N4O5S/c1-2-33(39(48)42-31-19-9-18-30-34(31)36(45)29-17-7-6-16-28(29)35(30)44)49-27-15-8-14-26(22-27)41-38(47)32(21-24-11-10-20-40-23-24)43-37(46)25-12-4-3-5-13-25/h3-23,33H,2H2,1H3,(H,41,47)(H,42,48)(H,43,46)/b32-21+. The molecule has 10 heteroatoms. The molecule has 0 fully saturated rings. The zero-order chi connectivity index (χ0) is 34.3. The average Bonchev–Trinajstić information content (AvgIpc) is 3.13. The molecule has 49 heavy (non-hydrogen) atoms. The first kappa shape index (κ1) is 32.8. The zero-order valence-electron chi connectivity index (χ0n) is 26.3. The van der Waals surface area contributed by atoms with Gasteiger partial charge in [0.25, 0.3) is 11.8 Å². The summed E-state index contributed by atoms with van der Waals surface area (Å²) in [6.45, 7) is 1.87. The van der Waals surface area contributed by atoms with Gasteiger partial charge in [0.05, 0.1) is 16.5 Å². The third-order valence-electron chi connectivity index (χ3n) is 7.77. The van der Waals surface area contributed by atoms with Crippen LogP contribution in [-0.2, 0) is 9.59 Å². The Bertz CT molecular complexity index is 2120. The second-order valence-corrected chi connectivity index (χ2v) is 12.4. The van der Waals surface area contributed by atoms with Crippen molar-refractivity contribution in [3.05, 3.63) is 161 Å². The highest BCUT2D eigenvalue weighted by atomic mass is 32.2. The van der Waals surface area contributed by atoms with E-state index in [0.717, 1.165) is 0 Å². The molecule has 1 heterocycles. The Morgan fingerprint density at radius 3 is 2.22 bits per heavy atom. The minimum Gasteiger partial charge on any atom is -0.324 e. The maximum absolute atomic E-state index is 13.6. The molecule has 1 aromatic heterocycles. The summed E-state index contributed by atoms with van der Waals surface area (Å²) in [6, 6.07) is 30.6. The predicted molar refractivity (Wildman–Crippen MR) is 190 cm³/mol. The molecule has 6 rings (SSSR count). The minimum atomic E-state index is -0.560. The van der Waals surface area contributed by atoms with Gasteiger partial charge in [-0.3, -0.25) is 29.0 Å². The van der Waals surface area contributed by atoms with E-state index in [4.69, 9.17) is 0 Å². The maximum Gasteiger partial charge on any atom is 0.272 e. The van der Waals surface area contributed by atoms with Crippen LogP contribution in [0.1, 0.15) is 61.1 Å². The Hall–Kier alpha value is -6.13. The molecule has 0 bridgehead atoms. The quantitative estimate of drug-likeness (QED) is 0.108. The number of carbonyl (C=O) groups is 5. The molecule has 9 nitrogen and oxygen atoms in total. The highest BCUT2D eigenvalue weighted by Crippen LogP contribution is 2.33. The topological polar surface area (TPSA) is 134 Å². The van der Waals surface area contributed by atoms with Crippen LogP contribution in [0.3, 0.4) is 0 Å². The lowest BCUT2D eigenvalue weighted by atomic mass is 9.83. The second-order valence-electron chi connectivity index (χ2n) is 11.1. The summed E-state index contributed by atoms with van der Waals surface area (Å²) in [7, 11) is 0. The molecule has 0 saturated carbocycles. The molecule has 0 aliphatic heterocycles. The van der Waals surface area contributed by atoms with Crippen molar-refractivity contribution in [3.8, 4) is 0 Å². The normalized spacial score (nSPS) is 12.7. The average molecular weight is 667 g/mol. The maximum atomic E-state index is 13.6. The Balaban J connectivity index is 1.18. The molecule has 0 spiro atoms. The van der Waals surface area contributed by atoms with Crippen molar-refractivity contribution in [2.75, 3.05) is 10.6 Å². The number of anilines is 2. The van der Waals surface area contributed by atoms with E-state index in [-0.39, 0.29) is 40.0 Å². The van der Waals surface area contributed by atoms with Crippen LogP contribution in [0.2, 0.25) is 0 Å². The zero-order valence-corrected chi connectivity index (χ0v) is 27.1. The van der Waals surface area contributed by atoms with Crippen molar-refractivity contribution < 1.29 is 24.0 Å². The third kappa shape index (κ3) is 7.39. The molecule has 3 amide bonds. The van der Waals surface area contributed by atoms with Crippen molar-refractivity contribution in [3.63, 3.8) is 0 Å². The number of aromatic nitrogens is 1. The van der Waals surface area contributed by atoms with Crippen LogP contribution in [0, 0.1) is 0 Å². The molecule has 1 aliphatic carbocycles. The van der Waals surface area contributed by atoms with E-state index in [2.05, 4.69) is 20.9 Å². The van der Waals surface area contributed by atoms with Gasteiger partial charge in [0.15, 0.2) is 11.6 Å². The van der Waals surface area contributed by atoms with E-state index in [1.54, 1.807) is 122 Å². The summed E-state index contributed by atoms with van der Waals surface area (Å²) in [4.78, 5) is 71.4. The predicted octanol–water partition coefficient (Wildman–Crippen LogP) is 6.78. The Labute approximate surface area is 286 Å². The van der Waals surface area contributed by atoms with Gasteiger partial charge in [-0.1, -0.05) is 73.7 Å². The summed E-state index contributed by atoms with van der Waals surface area (Å²) in [6.07, 6.45) is 5.19. The van der Waals surface area contributed by atoms with Crippen LogP contribution in [0.4, 0.5) is 11.4 Å². The minimum absolute atomic E-state index is 0.0209. The van der Waals surface area contributed by atoms with Crippen LogP contribution in [0.5, 0.6) is 0 Å². The van der Waals surface area contributed by atoms with E-state index in [1.807, 2.05) is 13.0 Å². The number of fused-ring (bicyclic) bond motifs is 2. The van der Waals surface area contributed by atoms with Crippen LogP contribution >= 0.6 is 11.8 Å². The third-order valence-corrected chi connectivity index (χ3v) is 9.13. The molecule has 242 valence electrons. The molecular formula is C39H30N4O5S. The number of ketones is 2. The van der Waals surface area contributed by atoms with Crippen molar-refractivity contribution in [1.82, 2.24) is 10.3 Å². The van der Waals surface area contributed by atoms with Gasteiger partial charge in [0.1, 0.15) is 5.70 Å². The summed E-state index contributed by atoms with van der Waals surface area (Å²) in [5.74, 6) is -1.90. The van der Waals surface area contributed by atoms with Crippen molar-refractivity contribution >= 4 is 58.5 Å². The molecule has 0 saturated heterocycles. The van der Waals surface area contributed by atoms with Gasteiger partial charge in [0.2, 0.25) is 5.91 Å². The molecule has 4 aromatic carbocycles. The fourth-order valence-corrected chi connectivity index (χ4v) is 6.38. The number of hydrogen-bond donors (Lipinski definition) is 3. The van der Waals surface area contributed by atoms with E-state index in [0.29, 0.717) is 39.3 Å².